The van der Waals surface area contributed by atoms with E-state index in [1.165, 1.54) is 5.56 Å². The molecular weight excluding hydrogens is 394 g/mol. The minimum absolute atomic E-state index is 0.293. The molecule has 2 aliphatic rings. The molecular formula is C25H30ClN3O. The number of halogens is 1. The van der Waals surface area contributed by atoms with Gasteiger partial charge in [-0.05, 0) is 55.5 Å². The van der Waals surface area contributed by atoms with E-state index < -0.39 is 0 Å². The summed E-state index contributed by atoms with van der Waals surface area (Å²) in [6, 6.07) is 21.2. The third kappa shape index (κ3) is 4.98. The molecule has 2 fully saturated rings. The highest BCUT2D eigenvalue weighted by molar-refractivity contribution is 6.30. The monoisotopic (exact) mass is 423 g/mol. The van der Waals surface area contributed by atoms with Gasteiger partial charge in [0.05, 0.1) is 11.5 Å². The molecule has 5 heteroatoms. The van der Waals surface area contributed by atoms with E-state index in [1.807, 2.05) is 30.3 Å². The summed E-state index contributed by atoms with van der Waals surface area (Å²) in [5.74, 6) is 0.875. The second-order valence-corrected chi connectivity index (χ2v) is 8.91. The van der Waals surface area contributed by atoms with E-state index in [0.717, 1.165) is 69.2 Å². The Morgan fingerprint density at radius 3 is 2.27 bits per heavy atom. The summed E-state index contributed by atoms with van der Waals surface area (Å²) >= 11 is 5.92. The van der Waals surface area contributed by atoms with E-state index in [2.05, 4.69) is 40.1 Å². The number of nitriles is 1. The van der Waals surface area contributed by atoms with E-state index in [-0.39, 0.29) is 5.41 Å². The maximum atomic E-state index is 9.92. The van der Waals surface area contributed by atoms with Crippen molar-refractivity contribution in [1.82, 2.24) is 9.80 Å². The van der Waals surface area contributed by atoms with Gasteiger partial charge in [-0.3, -0.25) is 9.80 Å². The van der Waals surface area contributed by atoms with Crippen LogP contribution in [0.2, 0.25) is 5.02 Å². The molecule has 2 aromatic rings. The highest BCUT2D eigenvalue weighted by Crippen LogP contribution is 2.40. The summed E-state index contributed by atoms with van der Waals surface area (Å²) < 4.78 is 5.84. The maximum Gasteiger partial charge on any atom is 0.119 e. The highest BCUT2D eigenvalue weighted by Gasteiger charge is 2.39. The Morgan fingerprint density at radius 1 is 0.967 bits per heavy atom. The van der Waals surface area contributed by atoms with Gasteiger partial charge in [0.1, 0.15) is 12.4 Å². The van der Waals surface area contributed by atoms with Crippen molar-refractivity contribution in [2.45, 2.75) is 37.1 Å². The molecule has 0 N–H and O–H groups in total. The van der Waals surface area contributed by atoms with E-state index >= 15 is 0 Å². The summed E-state index contributed by atoms with van der Waals surface area (Å²) in [6.45, 7) is 6.04. The molecule has 1 heterocycles. The van der Waals surface area contributed by atoms with Crippen LogP contribution in [0.15, 0.2) is 54.6 Å². The van der Waals surface area contributed by atoms with Gasteiger partial charge >= 0.3 is 0 Å². The van der Waals surface area contributed by atoms with Crippen molar-refractivity contribution in [2.75, 3.05) is 39.3 Å². The van der Waals surface area contributed by atoms with Gasteiger partial charge in [-0.15, -0.1) is 0 Å². The van der Waals surface area contributed by atoms with Crippen molar-refractivity contribution < 1.29 is 4.74 Å². The lowest BCUT2D eigenvalue weighted by molar-refractivity contribution is 0.0647. The van der Waals surface area contributed by atoms with Crippen LogP contribution in [0.5, 0.6) is 5.75 Å². The summed E-state index contributed by atoms with van der Waals surface area (Å²) in [7, 11) is 0. The van der Waals surface area contributed by atoms with Gasteiger partial charge in [0.25, 0.3) is 0 Å². The van der Waals surface area contributed by atoms with Crippen molar-refractivity contribution in [3.8, 4) is 11.8 Å². The summed E-state index contributed by atoms with van der Waals surface area (Å²) in [5.41, 5.74) is 0.898. The van der Waals surface area contributed by atoms with Gasteiger partial charge in [-0.25, -0.2) is 0 Å². The number of rotatable bonds is 6. The molecule has 0 amide bonds. The van der Waals surface area contributed by atoms with Crippen molar-refractivity contribution in [3.63, 3.8) is 0 Å². The molecule has 30 heavy (non-hydrogen) atoms. The largest absolute Gasteiger partial charge is 0.492 e. The topological polar surface area (TPSA) is 39.5 Å². The van der Waals surface area contributed by atoms with Crippen LogP contribution in [0.4, 0.5) is 0 Å². The normalized spacial score (nSPS) is 25.5. The van der Waals surface area contributed by atoms with Crippen LogP contribution in [0.3, 0.4) is 0 Å². The zero-order valence-corrected chi connectivity index (χ0v) is 18.2. The van der Waals surface area contributed by atoms with Gasteiger partial charge in [0, 0.05) is 43.8 Å². The van der Waals surface area contributed by atoms with Crippen molar-refractivity contribution in [1.29, 1.82) is 5.26 Å². The molecule has 4 rings (SSSR count). The molecule has 158 valence electrons. The lowest BCUT2D eigenvalue weighted by Crippen LogP contribution is -2.52. The summed E-state index contributed by atoms with van der Waals surface area (Å²) in [6.07, 6.45) is 4.16. The molecule has 0 atom stereocenters. The Balaban J connectivity index is 1.20. The smallest absolute Gasteiger partial charge is 0.119 e. The summed E-state index contributed by atoms with van der Waals surface area (Å²) in [4.78, 5) is 5.13. The van der Waals surface area contributed by atoms with Crippen LogP contribution in [0, 0.1) is 11.3 Å². The Morgan fingerprint density at radius 2 is 1.63 bits per heavy atom. The third-order valence-electron chi connectivity index (χ3n) is 6.76. The first-order valence-electron chi connectivity index (χ1n) is 11.0. The molecule has 1 saturated heterocycles. The fraction of sp³-hybridized carbons (Fsp3) is 0.480. The SMILES string of the molecule is N#CC1(c2ccccc2)CCC(N2CCN(CCOc3ccc(Cl)cc3)CC2)CC1. The average molecular weight is 424 g/mol. The molecule has 4 nitrogen and oxygen atoms in total. The quantitative estimate of drug-likeness (QED) is 0.672. The molecule has 1 saturated carbocycles. The average Bonchev–Trinajstić information content (AvgIpc) is 2.81. The first kappa shape index (κ1) is 21.2. The predicted molar refractivity (Wildman–Crippen MR) is 121 cm³/mol. The zero-order chi connectivity index (χ0) is 20.8. The number of benzene rings is 2. The minimum Gasteiger partial charge on any atom is -0.492 e. The molecule has 0 unspecified atom stereocenters. The second-order valence-electron chi connectivity index (χ2n) is 8.47. The number of hydrogen-bond donors (Lipinski definition) is 0. The van der Waals surface area contributed by atoms with Crippen LogP contribution in [0.25, 0.3) is 0 Å². The van der Waals surface area contributed by atoms with E-state index in [0.29, 0.717) is 12.6 Å². The lowest BCUT2D eigenvalue weighted by atomic mass is 9.69. The standard InChI is InChI=1S/C25H30ClN3O/c26-22-6-8-24(9-7-22)30-19-18-28-14-16-29(17-15-28)23-10-12-25(20-27,13-11-23)21-4-2-1-3-5-21/h1-9,23H,10-19H2. The first-order valence-corrected chi connectivity index (χ1v) is 11.4. The van der Waals surface area contributed by atoms with Crippen LogP contribution < -0.4 is 4.74 Å². The number of ether oxygens (including phenoxy) is 1. The highest BCUT2D eigenvalue weighted by atomic mass is 35.5. The number of piperazine rings is 1. The van der Waals surface area contributed by atoms with E-state index in [9.17, 15) is 5.26 Å². The van der Waals surface area contributed by atoms with Crippen molar-refractivity contribution in [3.05, 3.63) is 65.2 Å². The molecule has 0 spiro atoms. The van der Waals surface area contributed by atoms with Gasteiger partial charge in [0.15, 0.2) is 0 Å². The fourth-order valence-corrected chi connectivity index (χ4v) is 4.98. The minimum atomic E-state index is -0.293. The van der Waals surface area contributed by atoms with Crippen LogP contribution in [-0.2, 0) is 5.41 Å². The Labute approximate surface area is 185 Å². The van der Waals surface area contributed by atoms with Crippen LogP contribution >= 0.6 is 11.6 Å². The second kappa shape index (κ2) is 9.83. The van der Waals surface area contributed by atoms with Crippen LogP contribution in [0.1, 0.15) is 31.2 Å². The Hall–Kier alpha value is -2.06. The number of hydrogen-bond acceptors (Lipinski definition) is 4. The van der Waals surface area contributed by atoms with Gasteiger partial charge in [-0.2, -0.15) is 5.26 Å². The predicted octanol–water partition coefficient (Wildman–Crippen LogP) is 4.74. The molecule has 0 radical (unpaired) electrons. The maximum absolute atomic E-state index is 9.92. The van der Waals surface area contributed by atoms with Gasteiger partial charge in [0.2, 0.25) is 0 Å². The lowest BCUT2D eigenvalue weighted by Gasteiger charge is -2.44. The third-order valence-corrected chi connectivity index (χ3v) is 7.01. The van der Waals surface area contributed by atoms with Gasteiger partial charge in [-0.1, -0.05) is 41.9 Å². The number of nitrogens with zero attached hydrogens (tertiary/aromatic N) is 3. The molecule has 1 aliphatic heterocycles. The fourth-order valence-electron chi connectivity index (χ4n) is 4.86. The van der Waals surface area contributed by atoms with Gasteiger partial charge < -0.3 is 4.74 Å². The molecule has 2 aromatic carbocycles. The zero-order valence-electron chi connectivity index (χ0n) is 17.5. The molecule has 0 aromatic heterocycles. The van der Waals surface area contributed by atoms with E-state index in [4.69, 9.17) is 16.3 Å². The van der Waals surface area contributed by atoms with E-state index in [1.54, 1.807) is 0 Å². The Bertz CT molecular complexity index is 833. The first-order chi connectivity index (χ1) is 14.7. The summed E-state index contributed by atoms with van der Waals surface area (Å²) in [5, 5.41) is 10.6. The van der Waals surface area contributed by atoms with Crippen molar-refractivity contribution >= 4 is 11.6 Å². The van der Waals surface area contributed by atoms with Crippen LogP contribution in [-0.4, -0.2) is 55.2 Å². The Kier molecular flexibility index (Phi) is 6.94. The van der Waals surface area contributed by atoms with Crippen molar-refractivity contribution in [2.24, 2.45) is 0 Å². The molecule has 1 aliphatic carbocycles. The molecule has 0 bridgehead atoms.